The van der Waals surface area contributed by atoms with Gasteiger partial charge in [0.15, 0.2) is 0 Å². The molecular weight excluding hydrogens is 348 g/mol. The van der Waals surface area contributed by atoms with Crippen molar-refractivity contribution in [2.24, 2.45) is 0 Å². The monoisotopic (exact) mass is 376 g/mol. The van der Waals surface area contributed by atoms with Gasteiger partial charge in [-0.25, -0.2) is 4.98 Å². The normalized spacial score (nSPS) is 11.6. The van der Waals surface area contributed by atoms with E-state index >= 15 is 0 Å². The summed E-state index contributed by atoms with van der Waals surface area (Å²) in [5.74, 6) is 1.38. The second-order valence-electron chi connectivity index (χ2n) is 8.01. The maximum atomic E-state index is 9.58. The molecule has 28 heavy (non-hydrogen) atoms. The van der Waals surface area contributed by atoms with Crippen LogP contribution in [-0.2, 0) is 5.41 Å². The molecule has 0 amide bonds. The molecule has 0 spiro atoms. The summed E-state index contributed by atoms with van der Waals surface area (Å²) in [5.41, 5.74) is 10.7. The van der Waals surface area contributed by atoms with Crippen LogP contribution in [0.4, 0.5) is 17.5 Å². The van der Waals surface area contributed by atoms with Gasteiger partial charge in [-0.15, -0.1) is 0 Å². The van der Waals surface area contributed by atoms with Crippen LogP contribution in [0.15, 0.2) is 54.7 Å². The van der Waals surface area contributed by atoms with Crippen molar-refractivity contribution >= 4 is 17.5 Å². The van der Waals surface area contributed by atoms with Crippen molar-refractivity contribution in [1.29, 1.82) is 0 Å². The first-order chi connectivity index (χ1) is 13.3. The third kappa shape index (κ3) is 4.31. The Morgan fingerprint density at radius 1 is 1.04 bits per heavy atom. The summed E-state index contributed by atoms with van der Waals surface area (Å²) in [4.78, 5) is 8.57. The van der Waals surface area contributed by atoms with Crippen molar-refractivity contribution in [1.82, 2.24) is 9.97 Å². The fraction of sp³-hybridized carbons (Fsp3) is 0.304. The van der Waals surface area contributed by atoms with Crippen LogP contribution in [0.25, 0.3) is 11.1 Å². The summed E-state index contributed by atoms with van der Waals surface area (Å²) < 4.78 is 0. The van der Waals surface area contributed by atoms with E-state index in [-0.39, 0.29) is 18.0 Å². The van der Waals surface area contributed by atoms with Gasteiger partial charge in [0.2, 0.25) is 5.95 Å². The smallest absolute Gasteiger partial charge is 0.221 e. The molecule has 0 bridgehead atoms. The van der Waals surface area contributed by atoms with Crippen LogP contribution < -0.4 is 11.1 Å². The van der Waals surface area contributed by atoms with E-state index in [1.54, 1.807) is 6.20 Å². The topological polar surface area (TPSA) is 84.1 Å². The summed E-state index contributed by atoms with van der Waals surface area (Å²) >= 11 is 0. The number of hydrogen-bond acceptors (Lipinski definition) is 5. The number of benzene rings is 2. The molecule has 3 rings (SSSR count). The number of hydrogen-bond donors (Lipinski definition) is 3. The Kier molecular flexibility index (Phi) is 5.66. The molecule has 0 radical (unpaired) electrons. The molecule has 0 aliphatic rings. The number of nitrogens with one attached hydrogen (secondary N) is 1. The Morgan fingerprint density at radius 2 is 1.68 bits per heavy atom. The summed E-state index contributed by atoms with van der Waals surface area (Å²) in [6.45, 7) is 8.47. The maximum absolute atomic E-state index is 9.58. The van der Waals surface area contributed by atoms with Crippen LogP contribution in [0.5, 0.6) is 0 Å². The van der Waals surface area contributed by atoms with Gasteiger partial charge in [-0.2, -0.15) is 4.98 Å². The van der Waals surface area contributed by atoms with Gasteiger partial charge in [0, 0.05) is 22.9 Å². The van der Waals surface area contributed by atoms with E-state index in [1.807, 2.05) is 50.2 Å². The summed E-state index contributed by atoms with van der Waals surface area (Å²) in [7, 11) is 0. The number of rotatable bonds is 6. The first-order valence-electron chi connectivity index (χ1n) is 9.51. The SMILES string of the molecule is CC(C)c1ccc(Nc2nc(N)ncc2-c2ccc(C(C)(C)CO)cc2)cc1. The minimum Gasteiger partial charge on any atom is -0.395 e. The lowest BCUT2D eigenvalue weighted by Crippen LogP contribution is -2.21. The lowest BCUT2D eigenvalue weighted by molar-refractivity contribution is 0.218. The number of nitrogens with zero attached hydrogens (tertiary/aromatic N) is 2. The third-order valence-corrected chi connectivity index (χ3v) is 5.02. The lowest BCUT2D eigenvalue weighted by atomic mass is 9.85. The molecule has 1 heterocycles. The third-order valence-electron chi connectivity index (χ3n) is 5.02. The summed E-state index contributed by atoms with van der Waals surface area (Å²) in [6.07, 6.45) is 1.74. The number of nitrogens with two attached hydrogens (primary N) is 1. The Balaban J connectivity index is 1.92. The Labute approximate surface area is 166 Å². The molecule has 5 heteroatoms. The number of aromatic nitrogens is 2. The standard InChI is InChI=1S/C23H28N4O/c1-15(2)16-7-11-19(12-8-16)26-21-20(13-25-22(24)27-21)17-5-9-18(10-6-17)23(3,4)14-28/h5-13,15,28H,14H2,1-4H3,(H3,24,25,26,27). The number of aliphatic hydroxyl groups is 1. The minimum absolute atomic E-state index is 0.0938. The Hall–Kier alpha value is -2.92. The molecule has 5 nitrogen and oxygen atoms in total. The van der Waals surface area contributed by atoms with Crippen LogP contribution in [0.3, 0.4) is 0 Å². The van der Waals surface area contributed by atoms with Gasteiger partial charge < -0.3 is 16.2 Å². The van der Waals surface area contributed by atoms with Crippen molar-refractivity contribution in [3.8, 4) is 11.1 Å². The minimum atomic E-state index is -0.282. The highest BCUT2D eigenvalue weighted by atomic mass is 16.3. The Bertz CT molecular complexity index is 932. The van der Waals surface area contributed by atoms with E-state index in [9.17, 15) is 5.11 Å². The summed E-state index contributed by atoms with van der Waals surface area (Å²) in [5, 5.41) is 12.9. The van der Waals surface area contributed by atoms with Crippen LogP contribution in [0.2, 0.25) is 0 Å². The van der Waals surface area contributed by atoms with Crippen LogP contribution in [0.1, 0.15) is 44.7 Å². The average Bonchev–Trinajstić information content (AvgIpc) is 2.69. The van der Waals surface area contributed by atoms with Gasteiger partial charge in [-0.05, 0) is 34.7 Å². The van der Waals surface area contributed by atoms with E-state index in [2.05, 4.69) is 41.3 Å². The van der Waals surface area contributed by atoms with E-state index in [1.165, 1.54) is 5.56 Å². The number of aliphatic hydroxyl groups excluding tert-OH is 1. The molecule has 0 saturated heterocycles. The molecule has 146 valence electrons. The molecule has 0 atom stereocenters. The van der Waals surface area contributed by atoms with Gasteiger partial charge in [-0.1, -0.05) is 64.1 Å². The van der Waals surface area contributed by atoms with Crippen LogP contribution in [0, 0.1) is 0 Å². The second-order valence-corrected chi connectivity index (χ2v) is 8.01. The zero-order valence-electron chi connectivity index (χ0n) is 16.9. The van der Waals surface area contributed by atoms with E-state index in [0.29, 0.717) is 11.7 Å². The van der Waals surface area contributed by atoms with Crippen molar-refractivity contribution in [2.75, 3.05) is 17.7 Å². The lowest BCUT2D eigenvalue weighted by Gasteiger charge is -2.22. The van der Waals surface area contributed by atoms with Crippen molar-refractivity contribution < 1.29 is 5.11 Å². The van der Waals surface area contributed by atoms with Gasteiger partial charge >= 0.3 is 0 Å². The van der Waals surface area contributed by atoms with Gasteiger partial charge in [0.1, 0.15) is 5.82 Å². The molecule has 1 aromatic heterocycles. The molecule has 4 N–H and O–H groups in total. The van der Waals surface area contributed by atoms with Crippen LogP contribution in [-0.4, -0.2) is 21.7 Å². The summed E-state index contributed by atoms with van der Waals surface area (Å²) in [6, 6.07) is 16.4. The molecule has 0 saturated carbocycles. The predicted octanol–water partition coefficient (Wildman–Crippen LogP) is 4.86. The molecule has 2 aromatic carbocycles. The Morgan fingerprint density at radius 3 is 2.25 bits per heavy atom. The highest BCUT2D eigenvalue weighted by Crippen LogP contribution is 2.31. The second kappa shape index (κ2) is 7.98. The molecule has 3 aromatic rings. The molecule has 0 aliphatic carbocycles. The van der Waals surface area contributed by atoms with Crippen molar-refractivity contribution in [3.63, 3.8) is 0 Å². The zero-order chi connectivity index (χ0) is 20.3. The fourth-order valence-electron chi connectivity index (χ4n) is 2.98. The van der Waals surface area contributed by atoms with Gasteiger partial charge in [0.05, 0.1) is 6.61 Å². The van der Waals surface area contributed by atoms with Crippen molar-refractivity contribution in [3.05, 3.63) is 65.9 Å². The van der Waals surface area contributed by atoms with Gasteiger partial charge in [-0.3, -0.25) is 0 Å². The highest BCUT2D eigenvalue weighted by Gasteiger charge is 2.19. The molecule has 0 unspecified atom stereocenters. The van der Waals surface area contributed by atoms with E-state index in [0.717, 1.165) is 22.4 Å². The van der Waals surface area contributed by atoms with E-state index < -0.39 is 0 Å². The highest BCUT2D eigenvalue weighted by molar-refractivity contribution is 5.78. The molecule has 0 fully saturated rings. The van der Waals surface area contributed by atoms with Crippen LogP contribution >= 0.6 is 0 Å². The van der Waals surface area contributed by atoms with E-state index in [4.69, 9.17) is 5.73 Å². The van der Waals surface area contributed by atoms with Crippen molar-refractivity contribution in [2.45, 2.75) is 39.0 Å². The maximum Gasteiger partial charge on any atom is 0.221 e. The first-order valence-corrected chi connectivity index (χ1v) is 9.51. The largest absolute Gasteiger partial charge is 0.395 e. The number of anilines is 3. The zero-order valence-corrected chi connectivity index (χ0v) is 16.9. The first kappa shape index (κ1) is 19.8. The molecular formula is C23H28N4O. The quantitative estimate of drug-likeness (QED) is 0.572. The predicted molar refractivity (Wildman–Crippen MR) is 116 cm³/mol. The average molecular weight is 377 g/mol. The van der Waals surface area contributed by atoms with Gasteiger partial charge in [0.25, 0.3) is 0 Å². The molecule has 0 aliphatic heterocycles. The fourth-order valence-corrected chi connectivity index (χ4v) is 2.98. The number of nitrogen functional groups attached to an aromatic ring is 1.